The van der Waals surface area contributed by atoms with Crippen LogP contribution in [0.3, 0.4) is 0 Å². The van der Waals surface area contributed by atoms with Crippen molar-refractivity contribution in [2.45, 2.75) is 19.3 Å². The Bertz CT molecular complexity index is 759. The second-order valence-electron chi connectivity index (χ2n) is 6.52. The number of carbonyl (C=O) groups is 2. The Morgan fingerprint density at radius 1 is 1.00 bits per heavy atom. The van der Waals surface area contributed by atoms with Gasteiger partial charge in [0.2, 0.25) is 11.8 Å². The van der Waals surface area contributed by atoms with E-state index in [9.17, 15) is 9.59 Å². The molecule has 6 nitrogen and oxygen atoms in total. The Balaban J connectivity index is 1.36. The number of anilines is 2. The van der Waals surface area contributed by atoms with Crippen molar-refractivity contribution in [2.75, 3.05) is 36.4 Å². The van der Waals surface area contributed by atoms with Gasteiger partial charge in [-0.05, 0) is 36.8 Å². The molecule has 0 spiro atoms. The normalized spacial score (nSPS) is 14.1. The maximum absolute atomic E-state index is 12.4. The van der Waals surface area contributed by atoms with E-state index in [2.05, 4.69) is 15.2 Å². The molecule has 2 N–H and O–H groups in total. The van der Waals surface area contributed by atoms with Crippen LogP contribution in [0.1, 0.15) is 19.3 Å². The van der Waals surface area contributed by atoms with E-state index in [1.165, 1.54) is 0 Å². The summed E-state index contributed by atoms with van der Waals surface area (Å²) in [4.78, 5) is 31.7. The van der Waals surface area contributed by atoms with E-state index in [-0.39, 0.29) is 11.8 Å². The highest BCUT2D eigenvalue weighted by Crippen LogP contribution is 2.15. The van der Waals surface area contributed by atoms with Crippen LogP contribution in [0.2, 0.25) is 5.02 Å². The molecule has 1 aromatic heterocycles. The first-order valence-corrected chi connectivity index (χ1v) is 9.54. The highest BCUT2D eigenvalue weighted by Gasteiger charge is 2.25. The van der Waals surface area contributed by atoms with Gasteiger partial charge in [-0.1, -0.05) is 17.7 Å². The van der Waals surface area contributed by atoms with Crippen LogP contribution in [0, 0.1) is 0 Å². The van der Waals surface area contributed by atoms with Gasteiger partial charge in [-0.25, -0.2) is 4.98 Å². The van der Waals surface area contributed by atoms with E-state index < -0.39 is 0 Å². The van der Waals surface area contributed by atoms with Gasteiger partial charge in [-0.2, -0.15) is 0 Å². The van der Waals surface area contributed by atoms with Crippen LogP contribution in [-0.4, -0.2) is 42.9 Å². The number of benzene rings is 1. The lowest BCUT2D eigenvalue weighted by atomic mass is 10.2. The van der Waals surface area contributed by atoms with Crippen molar-refractivity contribution in [1.29, 1.82) is 0 Å². The van der Waals surface area contributed by atoms with E-state index >= 15 is 0 Å². The summed E-state index contributed by atoms with van der Waals surface area (Å²) in [7, 11) is 0. The zero-order chi connectivity index (χ0) is 19.1. The fourth-order valence-corrected chi connectivity index (χ4v) is 3.22. The summed E-state index contributed by atoms with van der Waals surface area (Å²) in [5.74, 6) is 1.10. The number of nitrogens with one attached hydrogen (secondary N) is 2. The molecule has 1 saturated heterocycles. The minimum Gasteiger partial charge on any atom is -0.335 e. The first kappa shape index (κ1) is 19.2. The fourth-order valence-electron chi connectivity index (χ4n) is 3.09. The highest BCUT2D eigenvalue weighted by molar-refractivity contribution is 6.30. The molecule has 1 fully saturated rings. The minimum atomic E-state index is -0.0884. The molecule has 0 aliphatic carbocycles. The lowest BCUT2D eigenvalue weighted by Gasteiger charge is -2.31. The van der Waals surface area contributed by atoms with Crippen LogP contribution >= 0.6 is 11.6 Å². The number of nitrogens with zero attached hydrogens (tertiary/aromatic N) is 2. The van der Waals surface area contributed by atoms with Gasteiger partial charge >= 0.3 is 0 Å². The molecule has 27 heavy (non-hydrogen) atoms. The third kappa shape index (κ3) is 5.69. The van der Waals surface area contributed by atoms with Crippen molar-refractivity contribution in [3.05, 3.63) is 53.7 Å². The van der Waals surface area contributed by atoms with Crippen molar-refractivity contribution in [1.82, 2.24) is 4.90 Å². The molecule has 0 bridgehead atoms. The Morgan fingerprint density at radius 2 is 1.74 bits per heavy atom. The molecule has 0 atom stereocenters. The first-order chi connectivity index (χ1) is 13.1. The lowest BCUT2D eigenvalue weighted by Crippen LogP contribution is -2.50. The second kappa shape index (κ2) is 9.37. The SMILES string of the molecule is O=C(CCCC(=O)N1CCN(c2cccc[nH+]2)CC1)Nc1ccc(Cl)cc1. The molecule has 0 saturated carbocycles. The number of carbonyl (C=O) groups excluding carboxylic acids is 2. The fraction of sp³-hybridized carbons (Fsp3) is 0.350. The Kier molecular flexibility index (Phi) is 6.65. The second-order valence-corrected chi connectivity index (χ2v) is 6.96. The molecule has 3 rings (SSSR count). The average Bonchev–Trinajstić information content (AvgIpc) is 2.70. The molecule has 1 aromatic carbocycles. The Labute approximate surface area is 164 Å². The van der Waals surface area contributed by atoms with Gasteiger partial charge in [0.1, 0.15) is 13.1 Å². The molecule has 2 amide bonds. The van der Waals surface area contributed by atoms with Gasteiger partial charge in [0.05, 0.1) is 19.3 Å². The largest absolute Gasteiger partial charge is 0.335 e. The molecule has 1 aliphatic heterocycles. The number of hydrogen-bond donors (Lipinski definition) is 1. The molecule has 2 aromatic rings. The van der Waals surface area contributed by atoms with E-state index in [1.807, 2.05) is 29.3 Å². The van der Waals surface area contributed by atoms with Gasteiger partial charge in [0.25, 0.3) is 5.82 Å². The zero-order valence-corrected chi connectivity index (χ0v) is 15.9. The Morgan fingerprint density at radius 3 is 2.41 bits per heavy atom. The summed E-state index contributed by atoms with van der Waals surface area (Å²) in [5.41, 5.74) is 0.713. The van der Waals surface area contributed by atoms with Crippen LogP contribution in [-0.2, 0) is 9.59 Å². The number of rotatable bonds is 6. The van der Waals surface area contributed by atoms with Crippen molar-refractivity contribution in [3.8, 4) is 0 Å². The predicted molar refractivity (Wildman–Crippen MR) is 106 cm³/mol. The molecular formula is C20H24ClN4O2+. The maximum Gasteiger partial charge on any atom is 0.274 e. The standard InChI is InChI=1S/C20H23ClN4O2/c21-16-7-9-17(10-8-16)23-19(26)5-3-6-20(27)25-14-12-24(13-15-25)18-4-1-2-11-22-18/h1-2,4,7-11H,3,5-6,12-15H2,(H,23,26)/p+1. The van der Waals surface area contributed by atoms with E-state index in [1.54, 1.807) is 24.3 Å². The van der Waals surface area contributed by atoms with Crippen LogP contribution in [0.5, 0.6) is 0 Å². The number of pyridine rings is 1. The summed E-state index contributed by atoms with van der Waals surface area (Å²) >= 11 is 5.82. The monoisotopic (exact) mass is 387 g/mol. The summed E-state index contributed by atoms with van der Waals surface area (Å²) in [6.45, 7) is 3.03. The van der Waals surface area contributed by atoms with Gasteiger partial charge in [-0.15, -0.1) is 0 Å². The minimum absolute atomic E-state index is 0.0884. The number of amides is 2. The van der Waals surface area contributed by atoms with E-state index in [4.69, 9.17) is 11.6 Å². The highest BCUT2D eigenvalue weighted by atomic mass is 35.5. The quantitative estimate of drug-likeness (QED) is 0.828. The summed E-state index contributed by atoms with van der Waals surface area (Å²) < 4.78 is 0. The molecule has 142 valence electrons. The van der Waals surface area contributed by atoms with Crippen molar-refractivity contribution in [2.24, 2.45) is 0 Å². The van der Waals surface area contributed by atoms with Crippen LogP contribution in [0.4, 0.5) is 11.5 Å². The van der Waals surface area contributed by atoms with Crippen molar-refractivity contribution in [3.63, 3.8) is 0 Å². The first-order valence-electron chi connectivity index (χ1n) is 9.17. The molecule has 7 heteroatoms. The third-order valence-electron chi connectivity index (χ3n) is 4.59. The van der Waals surface area contributed by atoms with Crippen molar-refractivity contribution >= 4 is 34.9 Å². The maximum atomic E-state index is 12.4. The number of halogens is 1. The molecule has 0 radical (unpaired) electrons. The summed E-state index contributed by atoms with van der Waals surface area (Å²) in [6, 6.07) is 13.0. The van der Waals surface area contributed by atoms with Gasteiger partial charge in [0, 0.05) is 29.6 Å². The topological polar surface area (TPSA) is 66.8 Å². The summed E-state index contributed by atoms with van der Waals surface area (Å²) in [5, 5.41) is 3.44. The van der Waals surface area contributed by atoms with Crippen molar-refractivity contribution < 1.29 is 14.6 Å². The Hall–Kier alpha value is -2.60. The van der Waals surface area contributed by atoms with Gasteiger partial charge < -0.3 is 10.2 Å². The number of piperazine rings is 1. The zero-order valence-electron chi connectivity index (χ0n) is 15.2. The number of hydrogen-bond acceptors (Lipinski definition) is 3. The van der Waals surface area contributed by atoms with Gasteiger partial charge in [-0.3, -0.25) is 14.5 Å². The average molecular weight is 388 g/mol. The van der Waals surface area contributed by atoms with Crippen LogP contribution in [0.15, 0.2) is 48.7 Å². The number of aromatic amines is 1. The number of aromatic nitrogens is 1. The van der Waals surface area contributed by atoms with Crippen LogP contribution in [0.25, 0.3) is 0 Å². The molecule has 0 unspecified atom stereocenters. The van der Waals surface area contributed by atoms with E-state index in [0.29, 0.717) is 43.1 Å². The summed E-state index contributed by atoms with van der Waals surface area (Å²) in [6.07, 6.45) is 3.17. The third-order valence-corrected chi connectivity index (χ3v) is 4.84. The van der Waals surface area contributed by atoms with E-state index in [0.717, 1.165) is 18.9 Å². The number of H-pyrrole nitrogens is 1. The molecule has 1 aliphatic rings. The predicted octanol–water partition coefficient (Wildman–Crippen LogP) is 2.61. The molecular weight excluding hydrogens is 364 g/mol. The lowest BCUT2D eigenvalue weighted by molar-refractivity contribution is -0.364. The van der Waals surface area contributed by atoms with Crippen LogP contribution < -0.4 is 15.2 Å². The molecule has 2 heterocycles. The van der Waals surface area contributed by atoms with Gasteiger partial charge in [0.15, 0.2) is 0 Å². The smallest absolute Gasteiger partial charge is 0.274 e.